The van der Waals surface area contributed by atoms with E-state index in [9.17, 15) is 4.79 Å². The molecule has 1 aliphatic heterocycles. The Hall–Kier alpha value is -2.24. The summed E-state index contributed by atoms with van der Waals surface area (Å²) in [4.78, 5) is 19.8. The third-order valence-corrected chi connectivity index (χ3v) is 6.08. The standard InChI is InChI=1S/C22H24N2O2S/c1-3-16-8-11-19-20(13-16)27-22(23-19)24(14-18-5-4-12-26-18)21(25)17-9-6-15(2)7-10-17/h6-11,13,18H,3-5,12,14H2,1-2H3. The highest BCUT2D eigenvalue weighted by Crippen LogP contribution is 2.31. The van der Waals surface area contributed by atoms with Gasteiger partial charge in [-0.3, -0.25) is 9.69 Å². The highest BCUT2D eigenvalue weighted by atomic mass is 32.1. The van der Waals surface area contributed by atoms with Crippen LogP contribution in [0.2, 0.25) is 0 Å². The maximum atomic E-state index is 13.3. The summed E-state index contributed by atoms with van der Waals surface area (Å²) < 4.78 is 6.93. The van der Waals surface area contributed by atoms with Crippen molar-refractivity contribution in [1.82, 2.24) is 4.98 Å². The lowest BCUT2D eigenvalue weighted by atomic mass is 10.1. The number of hydrogen-bond acceptors (Lipinski definition) is 4. The van der Waals surface area contributed by atoms with Crippen LogP contribution in [-0.4, -0.2) is 30.1 Å². The average Bonchev–Trinajstić information content (AvgIpc) is 3.34. The molecule has 0 aliphatic carbocycles. The zero-order valence-electron chi connectivity index (χ0n) is 15.8. The van der Waals surface area contributed by atoms with E-state index in [-0.39, 0.29) is 12.0 Å². The first-order valence-corrected chi connectivity index (χ1v) is 10.4. The molecule has 0 spiro atoms. The number of ether oxygens (including phenoxy) is 1. The molecule has 2 aromatic carbocycles. The van der Waals surface area contributed by atoms with Gasteiger partial charge in [-0.25, -0.2) is 4.98 Å². The Morgan fingerprint density at radius 1 is 1.26 bits per heavy atom. The first kappa shape index (κ1) is 18.1. The van der Waals surface area contributed by atoms with E-state index in [1.807, 2.05) is 31.2 Å². The smallest absolute Gasteiger partial charge is 0.260 e. The summed E-state index contributed by atoms with van der Waals surface area (Å²) in [7, 11) is 0. The summed E-state index contributed by atoms with van der Waals surface area (Å²) in [6.07, 6.45) is 3.11. The number of anilines is 1. The monoisotopic (exact) mass is 380 g/mol. The molecule has 1 saturated heterocycles. The maximum absolute atomic E-state index is 13.3. The molecular formula is C22H24N2O2S. The number of rotatable bonds is 5. The number of aryl methyl sites for hydroxylation is 2. The van der Waals surface area contributed by atoms with Crippen LogP contribution in [-0.2, 0) is 11.2 Å². The summed E-state index contributed by atoms with van der Waals surface area (Å²) in [5, 5.41) is 0.749. The highest BCUT2D eigenvalue weighted by molar-refractivity contribution is 7.22. The molecule has 140 valence electrons. The van der Waals surface area contributed by atoms with Crippen LogP contribution in [0, 0.1) is 6.92 Å². The van der Waals surface area contributed by atoms with Crippen molar-refractivity contribution in [3.63, 3.8) is 0 Å². The van der Waals surface area contributed by atoms with E-state index in [1.54, 1.807) is 16.2 Å². The lowest BCUT2D eigenvalue weighted by Gasteiger charge is -2.23. The molecule has 1 atom stereocenters. The van der Waals surface area contributed by atoms with Crippen LogP contribution >= 0.6 is 11.3 Å². The van der Waals surface area contributed by atoms with Crippen molar-refractivity contribution in [2.24, 2.45) is 0 Å². The fraction of sp³-hybridized carbons (Fsp3) is 0.364. The number of aromatic nitrogens is 1. The molecule has 0 N–H and O–H groups in total. The van der Waals surface area contributed by atoms with Gasteiger partial charge in [0.05, 0.1) is 22.9 Å². The van der Waals surface area contributed by atoms with Gasteiger partial charge in [0.25, 0.3) is 5.91 Å². The Morgan fingerprint density at radius 2 is 2.07 bits per heavy atom. The van der Waals surface area contributed by atoms with Gasteiger partial charge < -0.3 is 4.74 Å². The molecule has 3 aromatic rings. The van der Waals surface area contributed by atoms with Gasteiger partial charge in [0.15, 0.2) is 5.13 Å². The molecule has 0 bridgehead atoms. The van der Waals surface area contributed by atoms with Crippen LogP contribution in [0.5, 0.6) is 0 Å². The number of nitrogens with zero attached hydrogens (tertiary/aromatic N) is 2. The summed E-state index contributed by atoms with van der Waals surface area (Å²) in [5.41, 5.74) is 4.06. The molecule has 4 nitrogen and oxygen atoms in total. The minimum atomic E-state index is -0.0136. The molecule has 1 unspecified atom stereocenters. The Labute approximate surface area is 163 Å². The van der Waals surface area contributed by atoms with Crippen LogP contribution in [0.4, 0.5) is 5.13 Å². The average molecular weight is 381 g/mol. The van der Waals surface area contributed by atoms with E-state index in [4.69, 9.17) is 9.72 Å². The summed E-state index contributed by atoms with van der Waals surface area (Å²) >= 11 is 1.58. The number of fused-ring (bicyclic) bond motifs is 1. The molecule has 1 aliphatic rings. The predicted molar refractivity (Wildman–Crippen MR) is 111 cm³/mol. The molecule has 1 fully saturated rings. The molecule has 2 heterocycles. The second-order valence-corrected chi connectivity index (χ2v) is 8.08. The Morgan fingerprint density at radius 3 is 2.78 bits per heavy atom. The predicted octanol–water partition coefficient (Wildman–Crippen LogP) is 4.99. The number of hydrogen-bond donors (Lipinski definition) is 0. The molecule has 27 heavy (non-hydrogen) atoms. The van der Waals surface area contributed by atoms with E-state index >= 15 is 0 Å². The van der Waals surface area contributed by atoms with Crippen LogP contribution in [0.15, 0.2) is 42.5 Å². The van der Waals surface area contributed by atoms with Gasteiger partial charge in [-0.1, -0.05) is 42.0 Å². The minimum Gasteiger partial charge on any atom is -0.376 e. The van der Waals surface area contributed by atoms with Crippen LogP contribution in [0.25, 0.3) is 10.2 Å². The van der Waals surface area contributed by atoms with Crippen molar-refractivity contribution in [3.05, 3.63) is 59.2 Å². The molecule has 1 amide bonds. The molecular weight excluding hydrogens is 356 g/mol. The van der Waals surface area contributed by atoms with E-state index in [1.165, 1.54) is 5.56 Å². The molecule has 0 radical (unpaired) electrons. The lowest BCUT2D eigenvalue weighted by Crippen LogP contribution is -2.37. The largest absolute Gasteiger partial charge is 0.376 e. The number of benzene rings is 2. The SMILES string of the molecule is CCc1ccc2nc(N(CC3CCCO3)C(=O)c3ccc(C)cc3)sc2c1. The minimum absolute atomic E-state index is 0.0136. The Kier molecular flexibility index (Phi) is 5.23. The van der Waals surface area contributed by atoms with Crippen molar-refractivity contribution in [2.75, 3.05) is 18.1 Å². The third kappa shape index (κ3) is 3.89. The topological polar surface area (TPSA) is 42.4 Å². The van der Waals surface area contributed by atoms with E-state index in [0.717, 1.165) is 46.8 Å². The number of carbonyl (C=O) groups is 1. The molecule has 0 saturated carbocycles. The van der Waals surface area contributed by atoms with Gasteiger partial charge in [0.1, 0.15) is 0 Å². The second kappa shape index (κ2) is 7.79. The van der Waals surface area contributed by atoms with Crippen LogP contribution < -0.4 is 4.90 Å². The molecule has 4 rings (SSSR count). The Bertz CT molecular complexity index is 943. The Balaban J connectivity index is 1.70. The number of amides is 1. The normalized spacial score (nSPS) is 16.7. The van der Waals surface area contributed by atoms with Crippen molar-refractivity contribution in [1.29, 1.82) is 0 Å². The fourth-order valence-electron chi connectivity index (χ4n) is 3.38. The summed E-state index contributed by atoms with van der Waals surface area (Å²) in [5.74, 6) is -0.0136. The van der Waals surface area contributed by atoms with Crippen molar-refractivity contribution in [3.8, 4) is 0 Å². The quantitative estimate of drug-likeness (QED) is 0.626. The van der Waals surface area contributed by atoms with Gasteiger partial charge in [0, 0.05) is 12.2 Å². The van der Waals surface area contributed by atoms with Gasteiger partial charge >= 0.3 is 0 Å². The van der Waals surface area contributed by atoms with E-state index in [2.05, 4.69) is 25.1 Å². The zero-order valence-corrected chi connectivity index (χ0v) is 16.6. The third-order valence-electron chi connectivity index (χ3n) is 5.03. The number of carbonyl (C=O) groups excluding carboxylic acids is 1. The number of thiazole rings is 1. The van der Waals surface area contributed by atoms with Crippen molar-refractivity contribution < 1.29 is 9.53 Å². The second-order valence-electron chi connectivity index (χ2n) is 7.07. The summed E-state index contributed by atoms with van der Waals surface area (Å²) in [6.45, 7) is 5.50. The molecule has 5 heteroatoms. The summed E-state index contributed by atoms with van der Waals surface area (Å²) in [6, 6.07) is 14.1. The van der Waals surface area contributed by atoms with Gasteiger partial charge in [-0.05, 0) is 56.0 Å². The first-order chi connectivity index (χ1) is 13.1. The van der Waals surface area contributed by atoms with E-state index in [0.29, 0.717) is 12.1 Å². The van der Waals surface area contributed by atoms with E-state index < -0.39 is 0 Å². The lowest BCUT2D eigenvalue weighted by molar-refractivity contribution is 0.0917. The van der Waals surface area contributed by atoms with Gasteiger partial charge in [-0.2, -0.15) is 0 Å². The molecule has 1 aromatic heterocycles. The fourth-order valence-corrected chi connectivity index (χ4v) is 4.42. The highest BCUT2D eigenvalue weighted by Gasteiger charge is 2.27. The van der Waals surface area contributed by atoms with Crippen LogP contribution in [0.3, 0.4) is 0 Å². The first-order valence-electron chi connectivity index (χ1n) is 9.53. The van der Waals surface area contributed by atoms with Crippen molar-refractivity contribution in [2.45, 2.75) is 39.2 Å². The van der Waals surface area contributed by atoms with Gasteiger partial charge in [0.2, 0.25) is 0 Å². The van der Waals surface area contributed by atoms with Crippen LogP contribution in [0.1, 0.15) is 41.3 Å². The maximum Gasteiger partial charge on any atom is 0.260 e. The zero-order chi connectivity index (χ0) is 18.8. The van der Waals surface area contributed by atoms with Crippen molar-refractivity contribution >= 4 is 32.6 Å². The van der Waals surface area contributed by atoms with Gasteiger partial charge in [-0.15, -0.1) is 0 Å².